The Labute approximate surface area is 201 Å². The van der Waals surface area contributed by atoms with Crippen LogP contribution in [0, 0.1) is 0 Å². The second kappa shape index (κ2) is 8.92. The maximum Gasteiger partial charge on any atom is 0.138 e. The Balaban J connectivity index is 1.87. The van der Waals surface area contributed by atoms with Gasteiger partial charge in [-0.25, -0.2) is 4.68 Å². The molecule has 3 heteroatoms. The number of para-hydroxylation sites is 1. The number of hydrogen-bond donors (Lipinski definition) is 0. The predicted molar refractivity (Wildman–Crippen MR) is 139 cm³/mol. The predicted octanol–water partition coefficient (Wildman–Crippen LogP) is 7.19. The molecule has 0 aliphatic carbocycles. The lowest BCUT2D eigenvalue weighted by Crippen LogP contribution is -2.38. The van der Waals surface area contributed by atoms with E-state index in [-0.39, 0.29) is 5.60 Å². The van der Waals surface area contributed by atoms with E-state index in [0.717, 1.165) is 33.3 Å². The van der Waals surface area contributed by atoms with Gasteiger partial charge in [0.25, 0.3) is 0 Å². The van der Waals surface area contributed by atoms with E-state index in [1.807, 2.05) is 0 Å². The summed E-state index contributed by atoms with van der Waals surface area (Å²) in [5.41, 5.74) is 4.59. The fourth-order valence-corrected chi connectivity index (χ4v) is 4.68. The number of benzene rings is 4. The van der Waals surface area contributed by atoms with Crippen LogP contribution in [0.15, 0.2) is 115 Å². The number of fused-ring (bicyclic) bond motifs is 1. The molecule has 0 atom stereocenters. The molecule has 1 heterocycles. The van der Waals surface area contributed by atoms with Crippen molar-refractivity contribution in [1.29, 1.82) is 0 Å². The van der Waals surface area contributed by atoms with Crippen molar-refractivity contribution in [3.05, 3.63) is 138 Å². The van der Waals surface area contributed by atoms with E-state index in [1.54, 1.807) is 0 Å². The molecule has 0 aliphatic rings. The molecule has 0 saturated heterocycles. The van der Waals surface area contributed by atoms with Crippen LogP contribution in [0.25, 0.3) is 10.9 Å². The molecule has 0 bridgehead atoms. The second-order valence-corrected chi connectivity index (χ2v) is 9.59. The maximum absolute atomic E-state index is 6.19. The minimum atomic E-state index is -0.649. The van der Waals surface area contributed by atoms with Gasteiger partial charge in [0, 0.05) is 5.39 Å². The summed E-state index contributed by atoms with van der Waals surface area (Å²) in [4.78, 5) is 0. The number of rotatable bonds is 6. The van der Waals surface area contributed by atoms with Gasteiger partial charge in [0.05, 0.1) is 23.4 Å². The Bertz CT molecular complexity index is 1270. The van der Waals surface area contributed by atoms with Crippen LogP contribution in [0.2, 0.25) is 0 Å². The first-order valence-corrected chi connectivity index (χ1v) is 11.8. The molecule has 0 spiro atoms. The zero-order chi connectivity index (χ0) is 23.6. The lowest BCUT2D eigenvalue weighted by atomic mass is 9.77. The summed E-state index contributed by atoms with van der Waals surface area (Å²) < 4.78 is 8.39. The first kappa shape index (κ1) is 22.1. The van der Waals surface area contributed by atoms with Gasteiger partial charge in [-0.3, -0.25) is 0 Å². The summed E-state index contributed by atoms with van der Waals surface area (Å²) in [5.74, 6) is 0. The van der Waals surface area contributed by atoms with Gasteiger partial charge in [0.1, 0.15) is 5.54 Å². The molecule has 5 aromatic rings. The van der Waals surface area contributed by atoms with E-state index >= 15 is 0 Å². The highest BCUT2D eigenvalue weighted by Gasteiger charge is 2.40. The minimum Gasteiger partial charge on any atom is -0.369 e. The zero-order valence-corrected chi connectivity index (χ0v) is 20.0. The van der Waals surface area contributed by atoms with Gasteiger partial charge in [0.2, 0.25) is 0 Å². The Kier molecular flexibility index (Phi) is 5.80. The van der Waals surface area contributed by atoms with Gasteiger partial charge in [-0.1, -0.05) is 109 Å². The standard InChI is InChI=1S/C31H30N2O/c1-30(2,3)34-23-28-27-21-13-14-22-29(27)33(32-28)31(24-15-7-4-8-16-24,25-17-9-5-10-18-25)26-19-11-6-12-20-26/h4-22H,23H2,1-3H3. The van der Waals surface area contributed by atoms with E-state index in [2.05, 4.69) is 141 Å². The van der Waals surface area contributed by atoms with Crippen molar-refractivity contribution in [1.82, 2.24) is 9.78 Å². The van der Waals surface area contributed by atoms with Crippen molar-refractivity contribution in [3.63, 3.8) is 0 Å². The summed E-state index contributed by atoms with van der Waals surface area (Å²) in [7, 11) is 0. The topological polar surface area (TPSA) is 27.1 Å². The number of ether oxygens (including phenoxy) is 1. The van der Waals surface area contributed by atoms with Gasteiger partial charge in [-0.15, -0.1) is 0 Å². The molecule has 0 radical (unpaired) electrons. The molecule has 0 amide bonds. The Morgan fingerprint density at radius 3 is 1.53 bits per heavy atom. The average molecular weight is 447 g/mol. The van der Waals surface area contributed by atoms with Crippen LogP contribution in [0.1, 0.15) is 43.2 Å². The fourth-order valence-electron chi connectivity index (χ4n) is 4.68. The van der Waals surface area contributed by atoms with Crippen LogP contribution in [-0.2, 0) is 16.9 Å². The van der Waals surface area contributed by atoms with Crippen LogP contribution < -0.4 is 0 Å². The van der Waals surface area contributed by atoms with Gasteiger partial charge < -0.3 is 4.74 Å². The summed E-state index contributed by atoms with van der Waals surface area (Å²) in [6.45, 7) is 6.68. The summed E-state index contributed by atoms with van der Waals surface area (Å²) >= 11 is 0. The molecule has 0 saturated carbocycles. The highest BCUT2D eigenvalue weighted by Crippen LogP contribution is 2.42. The van der Waals surface area contributed by atoms with E-state index < -0.39 is 5.54 Å². The first-order valence-electron chi connectivity index (χ1n) is 11.8. The van der Waals surface area contributed by atoms with Crippen LogP contribution in [0.3, 0.4) is 0 Å². The highest BCUT2D eigenvalue weighted by molar-refractivity contribution is 5.83. The molecule has 0 N–H and O–H groups in total. The monoisotopic (exact) mass is 446 g/mol. The van der Waals surface area contributed by atoms with Crippen molar-refractivity contribution in [2.45, 2.75) is 38.5 Å². The van der Waals surface area contributed by atoms with Crippen molar-refractivity contribution < 1.29 is 4.74 Å². The third-order valence-electron chi connectivity index (χ3n) is 6.20. The van der Waals surface area contributed by atoms with Crippen molar-refractivity contribution in [2.24, 2.45) is 0 Å². The summed E-state index contributed by atoms with van der Waals surface area (Å²) in [6, 6.07) is 40.4. The van der Waals surface area contributed by atoms with Crippen molar-refractivity contribution >= 4 is 10.9 Å². The second-order valence-electron chi connectivity index (χ2n) is 9.59. The number of hydrogen-bond acceptors (Lipinski definition) is 2. The van der Waals surface area contributed by atoms with Gasteiger partial charge >= 0.3 is 0 Å². The fraction of sp³-hybridized carbons (Fsp3) is 0.194. The zero-order valence-electron chi connectivity index (χ0n) is 20.0. The molecular formula is C31H30N2O. The van der Waals surface area contributed by atoms with Gasteiger partial charge in [-0.2, -0.15) is 5.10 Å². The van der Waals surface area contributed by atoms with Crippen molar-refractivity contribution in [2.75, 3.05) is 0 Å². The Morgan fingerprint density at radius 1 is 0.618 bits per heavy atom. The molecule has 4 aromatic carbocycles. The molecule has 5 rings (SSSR count). The largest absolute Gasteiger partial charge is 0.369 e. The molecule has 0 unspecified atom stereocenters. The molecule has 0 aliphatic heterocycles. The lowest BCUT2D eigenvalue weighted by Gasteiger charge is -2.37. The van der Waals surface area contributed by atoms with E-state index in [1.165, 1.54) is 0 Å². The van der Waals surface area contributed by atoms with Crippen LogP contribution in [0.5, 0.6) is 0 Å². The van der Waals surface area contributed by atoms with E-state index in [4.69, 9.17) is 9.84 Å². The molecule has 0 fully saturated rings. The quantitative estimate of drug-likeness (QED) is 0.258. The number of nitrogens with zero attached hydrogens (tertiary/aromatic N) is 2. The Morgan fingerprint density at radius 2 is 1.06 bits per heavy atom. The molecule has 3 nitrogen and oxygen atoms in total. The third kappa shape index (κ3) is 3.93. The average Bonchev–Trinajstić information content (AvgIpc) is 3.24. The smallest absolute Gasteiger partial charge is 0.138 e. The summed E-state index contributed by atoms with van der Waals surface area (Å²) in [5, 5.41) is 6.40. The van der Waals surface area contributed by atoms with E-state index in [0.29, 0.717) is 6.61 Å². The van der Waals surface area contributed by atoms with Gasteiger partial charge in [0.15, 0.2) is 0 Å². The van der Waals surface area contributed by atoms with Crippen LogP contribution in [0.4, 0.5) is 0 Å². The third-order valence-corrected chi connectivity index (χ3v) is 6.20. The molecule has 34 heavy (non-hydrogen) atoms. The van der Waals surface area contributed by atoms with Gasteiger partial charge in [-0.05, 0) is 43.5 Å². The lowest BCUT2D eigenvalue weighted by molar-refractivity contribution is -0.0162. The summed E-state index contributed by atoms with van der Waals surface area (Å²) in [6.07, 6.45) is 0. The minimum absolute atomic E-state index is 0.250. The molecule has 170 valence electrons. The van der Waals surface area contributed by atoms with Crippen LogP contribution in [-0.4, -0.2) is 15.4 Å². The number of aromatic nitrogens is 2. The Hall–Kier alpha value is -3.69. The van der Waals surface area contributed by atoms with Crippen LogP contribution >= 0.6 is 0 Å². The molecule has 1 aromatic heterocycles. The van der Waals surface area contributed by atoms with Crippen molar-refractivity contribution in [3.8, 4) is 0 Å². The molecular weight excluding hydrogens is 416 g/mol. The maximum atomic E-state index is 6.19. The van der Waals surface area contributed by atoms with E-state index in [9.17, 15) is 0 Å². The SMILES string of the molecule is CC(C)(C)OCc1nn(C(c2ccccc2)(c2ccccc2)c2ccccc2)c2ccccc12. The first-order chi connectivity index (χ1) is 16.5. The normalized spacial score (nSPS) is 12.2. The highest BCUT2D eigenvalue weighted by atomic mass is 16.5.